The minimum atomic E-state index is -2.89. The van der Waals surface area contributed by atoms with Crippen LogP contribution in [-0.2, 0) is 34.6 Å². The van der Waals surface area contributed by atoms with Gasteiger partial charge < -0.3 is 9.47 Å². The van der Waals surface area contributed by atoms with Crippen molar-refractivity contribution in [1.82, 2.24) is 24.6 Å². The summed E-state index contributed by atoms with van der Waals surface area (Å²) in [5.74, 6) is 1.85. The molecule has 2 fully saturated rings. The molecule has 8 nitrogen and oxygen atoms in total. The maximum absolute atomic E-state index is 12.7. The maximum Gasteiger partial charge on any atom is 0.233 e. The maximum atomic E-state index is 12.7. The highest BCUT2D eigenvalue weighted by atomic mass is 32.2. The molecule has 2 saturated heterocycles. The summed E-state index contributed by atoms with van der Waals surface area (Å²) in [5, 5.41) is 9.15. The van der Waals surface area contributed by atoms with Gasteiger partial charge in [-0.2, -0.15) is 0 Å². The Bertz CT molecular complexity index is 1000. The zero-order chi connectivity index (χ0) is 21.8. The van der Waals surface area contributed by atoms with Gasteiger partial charge in [-0.3, -0.25) is 9.69 Å². The van der Waals surface area contributed by atoms with Gasteiger partial charge in [-0.15, -0.1) is 10.2 Å². The van der Waals surface area contributed by atoms with Crippen molar-refractivity contribution < 1.29 is 13.2 Å². The van der Waals surface area contributed by atoms with Crippen molar-refractivity contribution in [3.8, 4) is 0 Å². The molecule has 10 heteroatoms. The molecule has 2 aliphatic rings. The van der Waals surface area contributed by atoms with E-state index >= 15 is 0 Å². The van der Waals surface area contributed by atoms with E-state index in [0.29, 0.717) is 23.8 Å². The average Bonchev–Trinajstić information content (AvgIpc) is 3.29. The third-order valence-corrected chi connectivity index (χ3v) is 8.86. The molecule has 2 aliphatic heterocycles. The fraction of sp³-hybridized carbons (Fsp3) is 0.571. The summed E-state index contributed by atoms with van der Waals surface area (Å²) in [6.45, 7) is 4.16. The van der Waals surface area contributed by atoms with Crippen molar-refractivity contribution >= 4 is 27.5 Å². The lowest BCUT2D eigenvalue weighted by Crippen LogP contribution is -2.48. The van der Waals surface area contributed by atoms with Gasteiger partial charge in [0.2, 0.25) is 5.91 Å². The molecule has 0 N–H and O–H groups in total. The summed E-state index contributed by atoms with van der Waals surface area (Å²) in [6, 6.07) is 10.4. The molecule has 1 unspecified atom stereocenters. The molecule has 1 aromatic carbocycles. The minimum Gasteiger partial charge on any atom is -0.339 e. The van der Waals surface area contributed by atoms with Crippen LogP contribution in [0.4, 0.5) is 0 Å². The number of rotatable bonds is 7. The molecule has 1 amide bonds. The van der Waals surface area contributed by atoms with E-state index in [9.17, 15) is 13.2 Å². The third-order valence-electron chi connectivity index (χ3n) is 6.02. The Morgan fingerprint density at radius 2 is 1.87 bits per heavy atom. The van der Waals surface area contributed by atoms with E-state index in [1.807, 2.05) is 22.6 Å². The number of nitrogens with zero attached hydrogens (tertiary/aromatic N) is 5. The van der Waals surface area contributed by atoms with E-state index in [0.717, 1.165) is 38.5 Å². The number of piperazine rings is 1. The first-order chi connectivity index (χ1) is 14.9. The molecule has 31 heavy (non-hydrogen) atoms. The van der Waals surface area contributed by atoms with E-state index in [2.05, 4.69) is 39.4 Å². The highest BCUT2D eigenvalue weighted by molar-refractivity contribution is 7.99. The molecule has 2 aromatic rings. The molecule has 0 aliphatic carbocycles. The average molecular weight is 464 g/mol. The van der Waals surface area contributed by atoms with Crippen LogP contribution in [0.15, 0.2) is 35.5 Å². The number of hydrogen-bond acceptors (Lipinski definition) is 7. The van der Waals surface area contributed by atoms with Gasteiger partial charge >= 0.3 is 0 Å². The summed E-state index contributed by atoms with van der Waals surface area (Å²) < 4.78 is 25.2. The number of carbonyl (C=O) groups excluding carboxylic acids is 1. The number of amides is 1. The second kappa shape index (κ2) is 9.70. The van der Waals surface area contributed by atoms with Crippen LogP contribution in [0.1, 0.15) is 17.8 Å². The molecular weight excluding hydrogens is 434 g/mol. The summed E-state index contributed by atoms with van der Waals surface area (Å²) in [5.41, 5.74) is 1.30. The Morgan fingerprint density at radius 1 is 1.13 bits per heavy atom. The Morgan fingerprint density at radius 3 is 2.55 bits per heavy atom. The van der Waals surface area contributed by atoms with Crippen molar-refractivity contribution in [3.63, 3.8) is 0 Å². The zero-order valence-corrected chi connectivity index (χ0v) is 19.4. The topological polar surface area (TPSA) is 88.4 Å². The zero-order valence-electron chi connectivity index (χ0n) is 17.8. The van der Waals surface area contributed by atoms with Gasteiger partial charge in [0.05, 0.1) is 17.3 Å². The molecule has 0 bridgehead atoms. The first-order valence-corrected chi connectivity index (χ1v) is 13.5. The number of thioether (sulfide) groups is 1. The molecule has 0 saturated carbocycles. The molecule has 3 heterocycles. The third kappa shape index (κ3) is 5.87. The summed E-state index contributed by atoms with van der Waals surface area (Å²) in [6.07, 6.45) is 1.30. The fourth-order valence-corrected chi connectivity index (χ4v) is 6.85. The minimum absolute atomic E-state index is 0.111. The van der Waals surface area contributed by atoms with Crippen LogP contribution in [0.5, 0.6) is 0 Å². The van der Waals surface area contributed by atoms with Crippen molar-refractivity contribution in [3.05, 3.63) is 41.7 Å². The van der Waals surface area contributed by atoms with E-state index in [-0.39, 0.29) is 23.3 Å². The first kappa shape index (κ1) is 22.3. The largest absolute Gasteiger partial charge is 0.339 e. The molecule has 0 radical (unpaired) electrons. The van der Waals surface area contributed by atoms with Gasteiger partial charge in [-0.1, -0.05) is 42.1 Å². The molecule has 4 rings (SSSR count). The van der Waals surface area contributed by atoms with Gasteiger partial charge in [-0.05, 0) is 17.9 Å². The van der Waals surface area contributed by atoms with Gasteiger partial charge in [0.1, 0.15) is 5.82 Å². The van der Waals surface area contributed by atoms with Gasteiger partial charge in [-0.25, -0.2) is 8.42 Å². The Balaban J connectivity index is 1.23. The number of benzene rings is 1. The normalized spacial score (nSPS) is 21.5. The summed E-state index contributed by atoms with van der Waals surface area (Å²) in [4.78, 5) is 17.0. The van der Waals surface area contributed by atoms with E-state index in [1.54, 1.807) is 0 Å². The van der Waals surface area contributed by atoms with Crippen LogP contribution in [0, 0.1) is 5.92 Å². The smallest absolute Gasteiger partial charge is 0.233 e. The van der Waals surface area contributed by atoms with Crippen LogP contribution >= 0.6 is 11.8 Å². The lowest BCUT2D eigenvalue weighted by Gasteiger charge is -2.34. The van der Waals surface area contributed by atoms with E-state index < -0.39 is 9.84 Å². The molecule has 0 spiro atoms. The highest BCUT2D eigenvalue weighted by Crippen LogP contribution is 2.24. The predicted octanol–water partition coefficient (Wildman–Crippen LogP) is 1.23. The Labute approximate surface area is 187 Å². The monoisotopic (exact) mass is 463 g/mol. The first-order valence-electron chi connectivity index (χ1n) is 10.7. The summed E-state index contributed by atoms with van der Waals surface area (Å²) in [7, 11) is -1.01. The lowest BCUT2D eigenvalue weighted by atomic mass is 10.1. The van der Waals surface area contributed by atoms with Crippen molar-refractivity contribution in [2.75, 3.05) is 43.4 Å². The van der Waals surface area contributed by atoms with Crippen LogP contribution in [0.3, 0.4) is 0 Å². The summed E-state index contributed by atoms with van der Waals surface area (Å²) >= 11 is 1.40. The number of carbonyl (C=O) groups is 1. The molecule has 168 valence electrons. The van der Waals surface area contributed by atoms with Crippen LogP contribution in [0.25, 0.3) is 0 Å². The predicted molar refractivity (Wildman–Crippen MR) is 120 cm³/mol. The van der Waals surface area contributed by atoms with Gasteiger partial charge in [0.15, 0.2) is 15.0 Å². The highest BCUT2D eigenvalue weighted by Gasteiger charge is 2.29. The number of hydrogen-bond donors (Lipinski definition) is 0. The van der Waals surface area contributed by atoms with Crippen molar-refractivity contribution in [2.45, 2.75) is 24.5 Å². The number of sulfone groups is 1. The van der Waals surface area contributed by atoms with Crippen molar-refractivity contribution in [2.24, 2.45) is 13.0 Å². The quantitative estimate of drug-likeness (QED) is 0.571. The van der Waals surface area contributed by atoms with Crippen molar-refractivity contribution in [1.29, 1.82) is 0 Å². The SMILES string of the molecule is Cn1c(CC2CCS(=O)(=O)C2)nnc1SCC(=O)N1CCN(Cc2ccccc2)CC1. The van der Waals surface area contributed by atoms with Crippen LogP contribution < -0.4 is 0 Å². The second-order valence-electron chi connectivity index (χ2n) is 8.36. The molecule has 1 atom stereocenters. The van der Waals surface area contributed by atoms with E-state index in [1.165, 1.54) is 17.3 Å². The van der Waals surface area contributed by atoms with Gasteiger partial charge in [0.25, 0.3) is 0 Å². The van der Waals surface area contributed by atoms with E-state index in [4.69, 9.17) is 0 Å². The lowest BCUT2D eigenvalue weighted by molar-refractivity contribution is -0.130. The standard InChI is InChI=1S/C21H29N5O3S2/c1-24-19(13-18-7-12-31(28,29)16-18)22-23-21(24)30-15-20(27)26-10-8-25(9-11-26)14-17-5-3-2-4-6-17/h2-6,18H,7-16H2,1H3. The molecule has 1 aromatic heterocycles. The van der Waals surface area contributed by atoms with Crippen LogP contribution in [0.2, 0.25) is 0 Å². The number of aromatic nitrogens is 3. The molecular formula is C21H29N5O3S2. The fourth-order valence-electron chi connectivity index (χ4n) is 4.15. The Kier molecular flexibility index (Phi) is 6.98. The van der Waals surface area contributed by atoms with Gasteiger partial charge in [0, 0.05) is 46.2 Å². The Hall–Kier alpha value is -1.91. The second-order valence-corrected chi connectivity index (χ2v) is 11.5. The van der Waals surface area contributed by atoms with Crippen LogP contribution in [-0.4, -0.2) is 82.3 Å².